The molecule has 5 N–H and O–H groups in total. The normalized spacial score (nSPS) is 25.8. The number of rotatable bonds is 7. The van der Waals surface area contributed by atoms with Crippen LogP contribution in [-0.4, -0.2) is 63.3 Å². The van der Waals surface area contributed by atoms with E-state index in [0.717, 1.165) is 19.3 Å². The van der Waals surface area contributed by atoms with Gasteiger partial charge in [-0.15, -0.1) is 0 Å². The third kappa shape index (κ3) is 4.24. The van der Waals surface area contributed by atoms with Gasteiger partial charge in [0.05, 0.1) is 18.3 Å². The van der Waals surface area contributed by atoms with Crippen molar-refractivity contribution >= 4 is 40.6 Å². The molecule has 1 fully saturated rings. The molecule has 0 amide bonds. The average molecular weight is 461 g/mol. The highest BCUT2D eigenvalue weighted by atomic mass is 16.7. The summed E-state index contributed by atoms with van der Waals surface area (Å²) in [6, 6.07) is 1.19. The highest BCUT2D eigenvalue weighted by Gasteiger charge is 2.54. The van der Waals surface area contributed by atoms with Crippen LogP contribution >= 0.6 is 0 Å². The zero-order valence-corrected chi connectivity index (χ0v) is 18.4. The van der Waals surface area contributed by atoms with Gasteiger partial charge in [0.25, 0.3) is 5.56 Å². The Bertz CT molecular complexity index is 1150. The fourth-order valence-electron chi connectivity index (χ4n) is 4.02. The molecule has 4 heterocycles. The van der Waals surface area contributed by atoms with E-state index in [2.05, 4.69) is 15.3 Å². The number of hydrogen-bond acceptors (Lipinski definition) is 11. The zero-order valence-electron chi connectivity index (χ0n) is 18.4. The predicted octanol–water partition coefficient (Wildman–Crippen LogP) is 1.42. The third-order valence-corrected chi connectivity index (χ3v) is 5.78. The Kier molecular flexibility index (Phi) is 6.23. The van der Waals surface area contributed by atoms with Crippen molar-refractivity contribution in [2.24, 2.45) is 4.99 Å². The fraction of sp³-hybridized carbons (Fsp3) is 0.524. The van der Waals surface area contributed by atoms with Crippen molar-refractivity contribution < 1.29 is 29.2 Å². The molecular weight excluding hydrogens is 434 g/mol. The van der Waals surface area contributed by atoms with E-state index in [1.807, 2.05) is 6.92 Å². The number of hydrogen-bond donors (Lipinski definition) is 4. The van der Waals surface area contributed by atoms with Gasteiger partial charge in [0, 0.05) is 23.3 Å². The van der Waals surface area contributed by atoms with Crippen LogP contribution in [0.5, 0.6) is 0 Å². The first-order chi connectivity index (χ1) is 15.7. The van der Waals surface area contributed by atoms with E-state index < -0.39 is 35.8 Å². The molecule has 2 aliphatic rings. The molecule has 2 aromatic rings. The first-order valence-electron chi connectivity index (χ1n) is 10.7. The lowest BCUT2D eigenvalue weighted by Gasteiger charge is -2.28. The van der Waals surface area contributed by atoms with Gasteiger partial charge in [-0.2, -0.15) is 4.98 Å². The molecule has 4 atom stereocenters. The number of nitrogens with zero attached hydrogens (tertiary/aromatic N) is 3. The van der Waals surface area contributed by atoms with Gasteiger partial charge in [-0.25, -0.2) is 9.79 Å². The third-order valence-electron chi connectivity index (χ3n) is 5.78. The van der Waals surface area contributed by atoms with Crippen LogP contribution in [0, 0.1) is 0 Å². The number of aliphatic imine (C=N–C) groups is 1. The van der Waals surface area contributed by atoms with Gasteiger partial charge in [0.1, 0.15) is 36.1 Å². The monoisotopic (exact) mass is 461 g/mol. The van der Waals surface area contributed by atoms with Crippen LogP contribution < -0.4 is 16.6 Å². The Labute approximate surface area is 189 Å². The molecule has 4 rings (SSSR count). The van der Waals surface area contributed by atoms with Crippen LogP contribution in [0.1, 0.15) is 39.3 Å². The Morgan fingerprint density at radius 1 is 1.39 bits per heavy atom. The summed E-state index contributed by atoms with van der Waals surface area (Å²) in [5, 5.41) is 25.5. The minimum Gasteiger partial charge on any atom is -0.434 e. The minimum atomic E-state index is -1.76. The average Bonchev–Trinajstić information content (AvgIpc) is 3.21. The molecule has 12 nitrogen and oxygen atoms in total. The van der Waals surface area contributed by atoms with E-state index in [4.69, 9.17) is 19.9 Å². The number of nitrogen functional groups attached to an aromatic ring is 1. The van der Waals surface area contributed by atoms with E-state index in [1.54, 1.807) is 6.20 Å². The summed E-state index contributed by atoms with van der Waals surface area (Å²) in [4.78, 5) is 32.0. The van der Waals surface area contributed by atoms with E-state index >= 15 is 0 Å². The highest BCUT2D eigenvalue weighted by molar-refractivity contribution is 6.10. The van der Waals surface area contributed by atoms with Crippen molar-refractivity contribution in [2.75, 3.05) is 24.3 Å². The van der Waals surface area contributed by atoms with Crippen LogP contribution in [-0.2, 0) is 14.2 Å². The summed E-state index contributed by atoms with van der Waals surface area (Å²) in [6.45, 7) is 3.37. The van der Waals surface area contributed by atoms with Gasteiger partial charge in [-0.05, 0) is 13.3 Å². The number of nitrogens with one attached hydrogen (secondary N) is 1. The number of nitrogens with two attached hydrogens (primary N) is 1. The predicted molar refractivity (Wildman–Crippen MR) is 120 cm³/mol. The molecule has 12 heteroatoms. The summed E-state index contributed by atoms with van der Waals surface area (Å²) in [6.07, 6.45) is 1.23. The maximum atomic E-state index is 11.9. The number of aliphatic hydroxyl groups excluding tert-OH is 1. The summed E-state index contributed by atoms with van der Waals surface area (Å²) < 4.78 is 17.5. The highest BCUT2D eigenvalue weighted by Crippen LogP contribution is 2.45. The fourth-order valence-corrected chi connectivity index (χ4v) is 4.02. The number of carbonyl (C=O) groups is 1. The zero-order chi connectivity index (χ0) is 23.8. The topological polar surface area (TPSA) is 171 Å². The number of ether oxygens (including phenoxy) is 3. The lowest BCUT2D eigenvalue weighted by molar-refractivity contribution is -0.0961. The summed E-state index contributed by atoms with van der Waals surface area (Å²) in [5.74, 6) is 0.599. The van der Waals surface area contributed by atoms with Gasteiger partial charge in [0.15, 0.2) is 6.23 Å². The van der Waals surface area contributed by atoms with Crippen molar-refractivity contribution in [3.05, 3.63) is 22.6 Å². The minimum absolute atomic E-state index is 0.177. The quantitative estimate of drug-likeness (QED) is 0.349. The summed E-state index contributed by atoms with van der Waals surface area (Å²) >= 11 is 0. The van der Waals surface area contributed by atoms with Crippen molar-refractivity contribution in [2.45, 2.75) is 57.1 Å². The number of carbonyl (C=O) groups excluding carboxylic acids is 1. The van der Waals surface area contributed by atoms with Crippen LogP contribution in [0.3, 0.4) is 0 Å². The van der Waals surface area contributed by atoms with Gasteiger partial charge < -0.3 is 40.0 Å². The first-order valence-corrected chi connectivity index (χ1v) is 10.7. The standard InChI is InChI=1S/C21H27N5O7/c1-3-4-5-6-31-20(29)32-9-13-16(28)21(2,30)19(33-13)26-8-11-12(22)7-14(27)25-17-15(11)18(26)24-10-23-17/h7-8,10,13,16,19,28,30H,3-6,9,22H2,1-2H3,(H,23,24,25,27)/t13-,16-,19-,21-/m1/s1. The maximum absolute atomic E-state index is 11.9. The molecule has 0 saturated carbocycles. The first kappa shape index (κ1) is 23.0. The Morgan fingerprint density at radius 2 is 2.18 bits per heavy atom. The second-order valence-corrected chi connectivity index (χ2v) is 8.26. The van der Waals surface area contributed by atoms with Gasteiger partial charge in [-0.1, -0.05) is 19.8 Å². The molecular formula is C21H27N5O7. The van der Waals surface area contributed by atoms with Gasteiger partial charge in [-0.3, -0.25) is 4.79 Å². The van der Waals surface area contributed by atoms with Crippen LogP contribution in [0.2, 0.25) is 0 Å². The smallest absolute Gasteiger partial charge is 0.434 e. The summed E-state index contributed by atoms with van der Waals surface area (Å²) in [5.41, 5.74) is 3.97. The number of anilines is 2. The lowest BCUT2D eigenvalue weighted by Crippen LogP contribution is -2.44. The van der Waals surface area contributed by atoms with Crippen LogP contribution in [0.15, 0.2) is 22.1 Å². The lowest BCUT2D eigenvalue weighted by atomic mass is 9.96. The molecule has 178 valence electrons. The molecule has 0 radical (unpaired) electrons. The molecule has 2 aliphatic heterocycles. The van der Waals surface area contributed by atoms with E-state index in [-0.39, 0.29) is 24.7 Å². The largest absolute Gasteiger partial charge is 0.508 e. The molecule has 1 saturated heterocycles. The van der Waals surface area contributed by atoms with Crippen LogP contribution in [0.4, 0.5) is 22.1 Å². The number of aromatic nitrogens is 2. The molecule has 0 unspecified atom stereocenters. The molecule has 2 aromatic heterocycles. The van der Waals surface area contributed by atoms with Crippen molar-refractivity contribution in [3.63, 3.8) is 0 Å². The molecule has 33 heavy (non-hydrogen) atoms. The van der Waals surface area contributed by atoms with E-state index in [1.165, 1.54) is 23.9 Å². The van der Waals surface area contributed by atoms with Gasteiger partial charge >= 0.3 is 6.16 Å². The van der Waals surface area contributed by atoms with E-state index in [9.17, 15) is 19.8 Å². The van der Waals surface area contributed by atoms with Crippen molar-refractivity contribution in [3.8, 4) is 0 Å². The SMILES string of the molecule is CCCCCOC(=O)OC[C@H]1O[C@@H](n2cc3c(N)cc(=O)nc4c3c2N=CN4)[C@](C)(O)[C@@H]1O. The molecule has 0 bridgehead atoms. The van der Waals surface area contributed by atoms with Crippen LogP contribution in [0.25, 0.3) is 10.8 Å². The Hall–Kier alpha value is -3.22. The summed E-state index contributed by atoms with van der Waals surface area (Å²) in [7, 11) is 0. The number of aliphatic hydroxyl groups is 2. The molecule has 0 spiro atoms. The maximum Gasteiger partial charge on any atom is 0.508 e. The van der Waals surface area contributed by atoms with E-state index in [0.29, 0.717) is 16.6 Å². The van der Waals surface area contributed by atoms with Crippen molar-refractivity contribution in [1.29, 1.82) is 0 Å². The van der Waals surface area contributed by atoms with Crippen molar-refractivity contribution in [1.82, 2.24) is 9.55 Å². The second-order valence-electron chi connectivity index (χ2n) is 8.26. The molecule has 0 aliphatic carbocycles. The molecule has 0 aromatic carbocycles. The van der Waals surface area contributed by atoms with Gasteiger partial charge in [0.2, 0.25) is 0 Å². The Morgan fingerprint density at radius 3 is 2.94 bits per heavy atom. The Balaban J connectivity index is 1.58. The number of unbranched alkanes of at least 4 members (excludes halogenated alkanes) is 2. The second kappa shape index (κ2) is 8.96.